The summed E-state index contributed by atoms with van der Waals surface area (Å²) in [4.78, 5) is 26.1. The van der Waals surface area contributed by atoms with E-state index >= 15 is 0 Å². The molecule has 0 aliphatic carbocycles. The first-order valence-electron chi connectivity index (χ1n) is 8.29. The van der Waals surface area contributed by atoms with Crippen LogP contribution in [0.15, 0.2) is 59.1 Å². The number of carbonyl (C=O) groups excluding carboxylic acids is 2. The van der Waals surface area contributed by atoms with Crippen LogP contribution in [0, 0.1) is 0 Å². The molecule has 0 bridgehead atoms. The minimum Gasteiger partial charge on any atom is -0.452 e. The lowest BCUT2D eigenvalue weighted by Gasteiger charge is -2.26. The van der Waals surface area contributed by atoms with Crippen LogP contribution in [0.1, 0.15) is 22.3 Å². The number of halogens is 1. The molecule has 3 rings (SSSR count). The molecular weight excluding hydrogens is 396 g/mol. The summed E-state index contributed by atoms with van der Waals surface area (Å²) in [7, 11) is 0. The van der Waals surface area contributed by atoms with Gasteiger partial charge in [-0.1, -0.05) is 52.3 Å². The summed E-state index contributed by atoms with van der Waals surface area (Å²) in [6.07, 6.45) is 2.83. The summed E-state index contributed by atoms with van der Waals surface area (Å²) in [5, 5.41) is 0. The van der Waals surface area contributed by atoms with Gasteiger partial charge in [-0.3, -0.25) is 4.79 Å². The highest BCUT2D eigenvalue weighted by atomic mass is 79.9. The molecule has 5 nitrogen and oxygen atoms in total. The predicted molar refractivity (Wildman–Crippen MR) is 104 cm³/mol. The summed E-state index contributed by atoms with van der Waals surface area (Å²) in [6, 6.07) is 15.0. The maximum Gasteiger partial charge on any atom is 0.340 e. The number of esters is 1. The van der Waals surface area contributed by atoms with Crippen molar-refractivity contribution in [3.8, 4) is 0 Å². The zero-order chi connectivity index (χ0) is 18.5. The summed E-state index contributed by atoms with van der Waals surface area (Å²) in [6.45, 7) is 0.828. The van der Waals surface area contributed by atoms with Crippen LogP contribution in [-0.4, -0.2) is 36.5 Å². The maximum absolute atomic E-state index is 12.3. The van der Waals surface area contributed by atoms with E-state index in [-0.39, 0.29) is 18.1 Å². The first kappa shape index (κ1) is 18.2. The van der Waals surface area contributed by atoms with Crippen LogP contribution >= 0.6 is 15.9 Å². The van der Waals surface area contributed by atoms with E-state index in [9.17, 15) is 9.59 Å². The topological polar surface area (TPSA) is 72.6 Å². The Morgan fingerprint density at radius 1 is 1.15 bits per heavy atom. The van der Waals surface area contributed by atoms with Crippen LogP contribution in [-0.2, 0) is 9.53 Å². The highest BCUT2D eigenvalue weighted by Crippen LogP contribution is 2.22. The molecule has 0 radical (unpaired) electrons. The number of ether oxygens (including phenoxy) is 1. The van der Waals surface area contributed by atoms with Crippen LogP contribution in [0.3, 0.4) is 0 Å². The van der Waals surface area contributed by atoms with Gasteiger partial charge in [0.05, 0.1) is 5.56 Å². The maximum atomic E-state index is 12.3. The highest BCUT2D eigenvalue weighted by molar-refractivity contribution is 9.10. The summed E-state index contributed by atoms with van der Waals surface area (Å²) in [5.74, 6) is -0.815. The molecule has 1 heterocycles. The quantitative estimate of drug-likeness (QED) is 0.613. The Hall–Kier alpha value is -2.60. The molecule has 26 heavy (non-hydrogen) atoms. The molecule has 0 saturated heterocycles. The number of hydrogen-bond acceptors (Lipinski definition) is 4. The van der Waals surface area contributed by atoms with Gasteiger partial charge in [-0.05, 0) is 35.8 Å². The van der Waals surface area contributed by atoms with E-state index in [0.717, 1.165) is 10.9 Å². The Kier molecular flexibility index (Phi) is 5.73. The van der Waals surface area contributed by atoms with Gasteiger partial charge in [0.2, 0.25) is 0 Å². The fraction of sp³-hybridized carbons (Fsp3) is 0.200. The Bertz CT molecular complexity index is 849. The lowest BCUT2D eigenvalue weighted by molar-refractivity contribution is -0.134. The Morgan fingerprint density at radius 3 is 2.62 bits per heavy atom. The van der Waals surface area contributed by atoms with E-state index in [1.807, 2.05) is 24.3 Å². The Morgan fingerprint density at radius 2 is 1.92 bits per heavy atom. The number of nitrogens with zero attached hydrogens (tertiary/aromatic N) is 1. The van der Waals surface area contributed by atoms with Crippen LogP contribution in [0.2, 0.25) is 0 Å². The van der Waals surface area contributed by atoms with Gasteiger partial charge >= 0.3 is 5.97 Å². The zero-order valence-electron chi connectivity index (χ0n) is 14.2. The van der Waals surface area contributed by atoms with Gasteiger partial charge in [-0.25, -0.2) is 4.79 Å². The molecule has 0 saturated carbocycles. The average molecular weight is 415 g/mol. The fourth-order valence-electron chi connectivity index (χ4n) is 2.81. The molecular formula is C20H19BrN2O3. The second-order valence-corrected chi connectivity index (χ2v) is 6.91. The van der Waals surface area contributed by atoms with Gasteiger partial charge in [0, 0.05) is 23.2 Å². The van der Waals surface area contributed by atoms with E-state index < -0.39 is 5.97 Å². The van der Waals surface area contributed by atoms with Crippen molar-refractivity contribution in [3.05, 3.63) is 70.2 Å². The predicted octanol–water partition coefficient (Wildman–Crippen LogP) is 3.50. The van der Waals surface area contributed by atoms with E-state index in [1.165, 1.54) is 11.1 Å². The molecule has 1 aliphatic rings. The third kappa shape index (κ3) is 4.32. The fourth-order valence-corrected chi connectivity index (χ4v) is 3.17. The number of carbonyl (C=O) groups is 2. The van der Waals surface area contributed by atoms with E-state index in [4.69, 9.17) is 10.5 Å². The third-order valence-corrected chi connectivity index (χ3v) is 4.76. The Labute approximate surface area is 160 Å². The molecule has 0 spiro atoms. The van der Waals surface area contributed by atoms with Crippen LogP contribution in [0.4, 0.5) is 5.69 Å². The highest BCUT2D eigenvalue weighted by Gasteiger charge is 2.20. The number of benzene rings is 2. The van der Waals surface area contributed by atoms with Gasteiger partial charge in [0.15, 0.2) is 6.61 Å². The lowest BCUT2D eigenvalue weighted by Crippen LogP contribution is -2.37. The number of amides is 1. The minimum atomic E-state index is -0.602. The number of rotatable bonds is 4. The van der Waals surface area contributed by atoms with Gasteiger partial charge in [0.1, 0.15) is 0 Å². The van der Waals surface area contributed by atoms with E-state index in [2.05, 4.69) is 28.1 Å². The molecule has 1 amide bonds. The summed E-state index contributed by atoms with van der Waals surface area (Å²) in [5.41, 5.74) is 8.76. The van der Waals surface area contributed by atoms with Crippen LogP contribution in [0.5, 0.6) is 0 Å². The molecule has 0 unspecified atom stereocenters. The Balaban J connectivity index is 1.55. The second kappa shape index (κ2) is 8.19. The van der Waals surface area contributed by atoms with Crippen molar-refractivity contribution in [2.45, 2.75) is 6.42 Å². The van der Waals surface area contributed by atoms with Gasteiger partial charge in [-0.2, -0.15) is 0 Å². The molecule has 1 aliphatic heterocycles. The lowest BCUT2D eigenvalue weighted by atomic mass is 10.00. The van der Waals surface area contributed by atoms with Crippen molar-refractivity contribution in [2.24, 2.45) is 0 Å². The second-order valence-electron chi connectivity index (χ2n) is 5.99. The molecule has 2 aromatic carbocycles. The molecule has 2 N–H and O–H groups in total. The number of nitrogen functional groups attached to an aromatic ring is 1. The van der Waals surface area contributed by atoms with Crippen molar-refractivity contribution in [2.75, 3.05) is 25.4 Å². The molecule has 6 heteroatoms. The summed E-state index contributed by atoms with van der Waals surface area (Å²) >= 11 is 3.29. The van der Waals surface area contributed by atoms with Gasteiger partial charge in [-0.15, -0.1) is 0 Å². The normalized spacial score (nSPS) is 13.9. The van der Waals surface area contributed by atoms with Crippen LogP contribution in [0.25, 0.3) is 5.57 Å². The molecule has 0 fully saturated rings. The standard InChI is InChI=1S/C20H19BrN2O3/c21-16-6-7-18(22)17(12-16)20(25)26-13-19(24)23-10-8-15(9-11-23)14-4-2-1-3-5-14/h1-8,12H,9-11,13,22H2. The molecule has 0 atom stereocenters. The van der Waals surface area contributed by atoms with E-state index in [0.29, 0.717) is 18.8 Å². The minimum absolute atomic E-state index is 0.213. The van der Waals surface area contributed by atoms with Crippen molar-refractivity contribution >= 4 is 39.1 Å². The van der Waals surface area contributed by atoms with Crippen molar-refractivity contribution in [1.82, 2.24) is 4.90 Å². The molecule has 134 valence electrons. The van der Waals surface area contributed by atoms with Crippen LogP contribution < -0.4 is 5.73 Å². The molecule has 0 aromatic heterocycles. The van der Waals surface area contributed by atoms with Crippen molar-refractivity contribution < 1.29 is 14.3 Å². The van der Waals surface area contributed by atoms with E-state index in [1.54, 1.807) is 23.1 Å². The monoisotopic (exact) mass is 414 g/mol. The van der Waals surface area contributed by atoms with Gasteiger partial charge < -0.3 is 15.4 Å². The van der Waals surface area contributed by atoms with Gasteiger partial charge in [0.25, 0.3) is 5.91 Å². The number of anilines is 1. The third-order valence-electron chi connectivity index (χ3n) is 4.27. The first-order valence-corrected chi connectivity index (χ1v) is 9.08. The van der Waals surface area contributed by atoms with Crippen molar-refractivity contribution in [1.29, 1.82) is 0 Å². The SMILES string of the molecule is Nc1ccc(Br)cc1C(=O)OCC(=O)N1CC=C(c2ccccc2)CC1. The number of nitrogens with two attached hydrogens (primary N) is 1. The molecule has 2 aromatic rings. The van der Waals surface area contributed by atoms with Crippen molar-refractivity contribution in [3.63, 3.8) is 0 Å². The largest absolute Gasteiger partial charge is 0.452 e. The summed E-state index contributed by atoms with van der Waals surface area (Å²) < 4.78 is 5.86. The average Bonchev–Trinajstić information content (AvgIpc) is 2.68. The first-order chi connectivity index (χ1) is 12.5. The zero-order valence-corrected chi connectivity index (χ0v) is 15.7. The number of hydrogen-bond donors (Lipinski definition) is 1. The smallest absolute Gasteiger partial charge is 0.340 e.